The molecule has 1 N–H and O–H groups in total. The van der Waals surface area contributed by atoms with Crippen molar-refractivity contribution in [2.24, 2.45) is 0 Å². The van der Waals surface area contributed by atoms with E-state index in [0.29, 0.717) is 28.6 Å². The second-order valence-corrected chi connectivity index (χ2v) is 7.16. The summed E-state index contributed by atoms with van der Waals surface area (Å²) >= 11 is 0. The number of carbonyl (C=O) groups excluding carboxylic acids is 2. The van der Waals surface area contributed by atoms with Crippen molar-refractivity contribution < 1.29 is 28.9 Å². The zero-order valence-electron chi connectivity index (χ0n) is 18.3. The number of ether oxygens (including phenoxy) is 3. The second-order valence-electron chi connectivity index (χ2n) is 7.16. The number of Topliss-reactive ketones (excluding diaryl/α,β-unsaturated/α-hetero) is 1. The van der Waals surface area contributed by atoms with Gasteiger partial charge in [-0.05, 0) is 42.5 Å². The van der Waals surface area contributed by atoms with Crippen LogP contribution in [-0.2, 0) is 9.59 Å². The van der Waals surface area contributed by atoms with Crippen molar-refractivity contribution in [2.75, 3.05) is 26.2 Å². The summed E-state index contributed by atoms with van der Waals surface area (Å²) in [5.74, 6) is -0.879. The minimum Gasteiger partial charge on any atom is -0.507 e. The molecule has 1 saturated heterocycles. The Bertz CT molecular complexity index is 1240. The highest BCUT2D eigenvalue weighted by Gasteiger charge is 2.48. The van der Waals surface area contributed by atoms with Gasteiger partial charge in [-0.2, -0.15) is 0 Å². The maximum atomic E-state index is 13.3. The number of rotatable bonds is 6. The molecule has 1 fully saturated rings. The number of amides is 1. The molecular formula is C25H22N2O6. The Balaban J connectivity index is 2.00. The predicted molar refractivity (Wildman–Crippen MR) is 122 cm³/mol. The third kappa shape index (κ3) is 3.76. The van der Waals surface area contributed by atoms with Crippen LogP contribution in [0.3, 0.4) is 0 Å². The number of benzene rings is 2. The van der Waals surface area contributed by atoms with Crippen molar-refractivity contribution in [3.8, 4) is 17.2 Å². The summed E-state index contributed by atoms with van der Waals surface area (Å²) in [4.78, 5) is 32.2. The highest BCUT2D eigenvalue weighted by atomic mass is 16.5. The van der Waals surface area contributed by atoms with Crippen LogP contribution in [0.1, 0.15) is 17.3 Å². The Morgan fingerprint density at radius 1 is 0.909 bits per heavy atom. The molecule has 0 aliphatic carbocycles. The smallest absolute Gasteiger partial charge is 0.300 e. The van der Waals surface area contributed by atoms with Gasteiger partial charge in [0, 0.05) is 6.20 Å². The molecule has 3 aromatic rings. The fourth-order valence-corrected chi connectivity index (χ4v) is 3.87. The Hall–Kier alpha value is -4.33. The van der Waals surface area contributed by atoms with Crippen LogP contribution in [0.15, 0.2) is 72.4 Å². The molecule has 1 unspecified atom stereocenters. The van der Waals surface area contributed by atoms with Crippen LogP contribution < -0.4 is 19.1 Å². The van der Waals surface area contributed by atoms with E-state index >= 15 is 0 Å². The molecule has 1 amide bonds. The molecule has 0 radical (unpaired) electrons. The van der Waals surface area contributed by atoms with Gasteiger partial charge in [0.25, 0.3) is 11.7 Å². The third-order valence-corrected chi connectivity index (χ3v) is 5.42. The van der Waals surface area contributed by atoms with Crippen LogP contribution >= 0.6 is 0 Å². The number of nitrogens with zero attached hydrogens (tertiary/aromatic N) is 2. The highest BCUT2D eigenvalue weighted by molar-refractivity contribution is 6.51. The minimum atomic E-state index is -0.988. The maximum Gasteiger partial charge on any atom is 0.300 e. The van der Waals surface area contributed by atoms with Gasteiger partial charge in [0.1, 0.15) is 29.0 Å². The Morgan fingerprint density at radius 3 is 2.30 bits per heavy atom. The topological polar surface area (TPSA) is 98.2 Å². The van der Waals surface area contributed by atoms with E-state index in [2.05, 4.69) is 4.98 Å². The first-order chi connectivity index (χ1) is 16.0. The molecule has 1 aliphatic rings. The third-order valence-electron chi connectivity index (χ3n) is 5.42. The van der Waals surface area contributed by atoms with Gasteiger partial charge in [0.15, 0.2) is 0 Å². The van der Waals surface area contributed by atoms with E-state index in [0.717, 1.165) is 0 Å². The number of ketones is 1. The van der Waals surface area contributed by atoms with Crippen LogP contribution in [0.2, 0.25) is 0 Å². The number of methoxy groups -OCH3 is 3. The van der Waals surface area contributed by atoms with E-state index in [4.69, 9.17) is 14.2 Å². The lowest BCUT2D eigenvalue weighted by molar-refractivity contribution is -0.132. The SMILES string of the molecule is COc1ccc(OC)c(/C(O)=C2\C(=O)C(=O)N(c3ccccc3OC)C2c2ccccn2)c1. The molecule has 168 valence electrons. The highest BCUT2D eigenvalue weighted by Crippen LogP contribution is 2.45. The van der Waals surface area contributed by atoms with Gasteiger partial charge in [0.2, 0.25) is 0 Å². The van der Waals surface area contributed by atoms with E-state index < -0.39 is 23.5 Å². The first kappa shape index (κ1) is 21.9. The average molecular weight is 446 g/mol. The maximum absolute atomic E-state index is 13.3. The molecule has 1 aromatic heterocycles. The fourth-order valence-electron chi connectivity index (χ4n) is 3.87. The van der Waals surface area contributed by atoms with Crippen molar-refractivity contribution in [1.29, 1.82) is 0 Å². The van der Waals surface area contributed by atoms with Crippen molar-refractivity contribution in [1.82, 2.24) is 4.98 Å². The van der Waals surface area contributed by atoms with Gasteiger partial charge in [0.05, 0.1) is 43.8 Å². The molecule has 0 saturated carbocycles. The van der Waals surface area contributed by atoms with Crippen LogP contribution in [0.4, 0.5) is 5.69 Å². The quantitative estimate of drug-likeness (QED) is 0.350. The largest absolute Gasteiger partial charge is 0.507 e. The van der Waals surface area contributed by atoms with Crippen molar-refractivity contribution in [3.63, 3.8) is 0 Å². The molecule has 1 aliphatic heterocycles. The molecule has 0 bridgehead atoms. The van der Waals surface area contributed by atoms with Gasteiger partial charge >= 0.3 is 0 Å². The lowest BCUT2D eigenvalue weighted by Crippen LogP contribution is -2.30. The monoisotopic (exact) mass is 446 g/mol. The number of aromatic nitrogens is 1. The molecule has 4 rings (SSSR count). The number of para-hydroxylation sites is 2. The number of aliphatic hydroxyl groups is 1. The summed E-state index contributed by atoms with van der Waals surface area (Å²) in [7, 11) is 4.41. The fraction of sp³-hybridized carbons (Fsp3) is 0.160. The number of carbonyl (C=O) groups is 2. The minimum absolute atomic E-state index is 0.115. The normalized spacial score (nSPS) is 17.2. The van der Waals surface area contributed by atoms with Crippen LogP contribution in [0, 0.1) is 0 Å². The number of aliphatic hydroxyl groups excluding tert-OH is 1. The molecule has 0 spiro atoms. The number of hydrogen-bond donors (Lipinski definition) is 1. The van der Waals surface area contributed by atoms with Gasteiger partial charge in [-0.15, -0.1) is 0 Å². The second kappa shape index (κ2) is 9.04. The lowest BCUT2D eigenvalue weighted by Gasteiger charge is -2.26. The first-order valence-electron chi connectivity index (χ1n) is 10.1. The molecular weight excluding hydrogens is 424 g/mol. The summed E-state index contributed by atoms with van der Waals surface area (Å²) in [5.41, 5.74) is 0.896. The Kier molecular flexibility index (Phi) is 5.99. The molecule has 8 heteroatoms. The Morgan fingerprint density at radius 2 is 1.64 bits per heavy atom. The standard InChI is InChI=1S/C25H22N2O6/c1-31-15-11-12-19(32-2)16(14-15)23(28)21-22(17-8-6-7-13-26-17)27(25(30)24(21)29)18-9-4-5-10-20(18)33-3/h4-14,22,28H,1-3H3/b23-21+. The summed E-state index contributed by atoms with van der Waals surface area (Å²) in [6.07, 6.45) is 1.56. The van der Waals surface area contributed by atoms with Crippen LogP contribution in [0.5, 0.6) is 17.2 Å². The predicted octanol–water partition coefficient (Wildman–Crippen LogP) is 3.73. The van der Waals surface area contributed by atoms with Gasteiger partial charge in [-0.3, -0.25) is 19.5 Å². The van der Waals surface area contributed by atoms with Gasteiger partial charge < -0.3 is 19.3 Å². The van der Waals surface area contributed by atoms with Crippen molar-refractivity contribution in [2.45, 2.75) is 6.04 Å². The molecule has 33 heavy (non-hydrogen) atoms. The van der Waals surface area contributed by atoms with E-state index in [1.807, 2.05) is 0 Å². The van der Waals surface area contributed by atoms with Crippen LogP contribution in [-0.4, -0.2) is 43.1 Å². The first-order valence-corrected chi connectivity index (χ1v) is 10.1. The van der Waals surface area contributed by atoms with Gasteiger partial charge in [-0.25, -0.2) is 0 Å². The number of pyridine rings is 1. The van der Waals surface area contributed by atoms with E-state index in [9.17, 15) is 14.7 Å². The molecule has 1 atom stereocenters. The zero-order valence-corrected chi connectivity index (χ0v) is 18.3. The summed E-state index contributed by atoms with van der Waals surface area (Å²) < 4.78 is 16.1. The summed E-state index contributed by atoms with van der Waals surface area (Å²) in [6, 6.07) is 15.8. The number of anilines is 1. The van der Waals surface area contributed by atoms with E-state index in [1.165, 1.54) is 26.2 Å². The molecule has 2 heterocycles. The molecule has 8 nitrogen and oxygen atoms in total. The Labute approximate surface area is 190 Å². The summed E-state index contributed by atoms with van der Waals surface area (Å²) in [5, 5.41) is 11.3. The average Bonchev–Trinajstić information content (AvgIpc) is 3.13. The van der Waals surface area contributed by atoms with Crippen molar-refractivity contribution in [3.05, 3.63) is 83.7 Å². The zero-order chi connectivity index (χ0) is 23.5. The van der Waals surface area contributed by atoms with Crippen molar-refractivity contribution >= 4 is 23.1 Å². The van der Waals surface area contributed by atoms with E-state index in [1.54, 1.807) is 66.9 Å². The lowest BCUT2D eigenvalue weighted by atomic mass is 9.97. The molecule has 2 aromatic carbocycles. The van der Waals surface area contributed by atoms with E-state index in [-0.39, 0.29) is 11.1 Å². The number of hydrogen-bond acceptors (Lipinski definition) is 7. The van der Waals surface area contributed by atoms with Crippen LogP contribution in [0.25, 0.3) is 5.76 Å². The van der Waals surface area contributed by atoms with Gasteiger partial charge in [-0.1, -0.05) is 18.2 Å². The summed E-state index contributed by atoms with van der Waals surface area (Å²) in [6.45, 7) is 0.